The van der Waals surface area contributed by atoms with E-state index in [-0.39, 0.29) is 0 Å². The van der Waals surface area contributed by atoms with Gasteiger partial charge in [-0.25, -0.2) is 4.98 Å². The molecule has 0 fully saturated rings. The summed E-state index contributed by atoms with van der Waals surface area (Å²) in [6.45, 7) is 1.17. The predicted octanol–water partition coefficient (Wildman–Crippen LogP) is 1.06. The molecule has 0 bridgehead atoms. The van der Waals surface area contributed by atoms with Crippen molar-refractivity contribution in [1.82, 2.24) is 14.9 Å². The van der Waals surface area contributed by atoms with Crippen molar-refractivity contribution in [2.75, 3.05) is 25.6 Å². The summed E-state index contributed by atoms with van der Waals surface area (Å²) in [5, 5.41) is 2.63. The van der Waals surface area contributed by atoms with Crippen molar-refractivity contribution in [3.8, 4) is 5.75 Å². The van der Waals surface area contributed by atoms with Crippen molar-refractivity contribution in [3.63, 3.8) is 0 Å². The van der Waals surface area contributed by atoms with Crippen molar-refractivity contribution in [2.45, 2.75) is 13.0 Å². The monoisotopic (exact) mass is 316 g/mol. The van der Waals surface area contributed by atoms with Crippen LogP contribution in [0.15, 0.2) is 43.0 Å². The summed E-state index contributed by atoms with van der Waals surface area (Å²) in [7, 11) is 3.14. The third-order valence-electron chi connectivity index (χ3n) is 3.40. The molecular weight excluding hydrogens is 296 g/mol. The maximum atomic E-state index is 12.1. The molecule has 7 heteroatoms. The number of rotatable bonds is 6. The fourth-order valence-corrected chi connectivity index (χ4v) is 2.03. The quantitative estimate of drug-likeness (QED) is 0.639. The first-order chi connectivity index (χ1) is 11.1. The zero-order chi connectivity index (χ0) is 16.7. The highest BCUT2D eigenvalue weighted by Crippen LogP contribution is 2.18. The molecule has 1 N–H and O–H groups in total. The second-order valence-electron chi connectivity index (χ2n) is 4.97. The number of carbonyl (C=O) groups is 2. The van der Waals surface area contributed by atoms with Gasteiger partial charge in [0.2, 0.25) is 0 Å². The molecule has 0 unspecified atom stereocenters. The molecule has 1 aromatic heterocycles. The molecule has 122 valence electrons. The van der Waals surface area contributed by atoms with Gasteiger partial charge in [-0.15, -0.1) is 0 Å². The summed E-state index contributed by atoms with van der Waals surface area (Å²) in [5.41, 5.74) is 0.629. The molecule has 0 saturated heterocycles. The SMILES string of the molecule is COc1ccc(N(C)C(=O)C(=O)NCCCn2ccnc2)cc1. The van der Waals surface area contributed by atoms with E-state index in [1.54, 1.807) is 50.9 Å². The van der Waals surface area contributed by atoms with Gasteiger partial charge in [0.25, 0.3) is 0 Å². The van der Waals surface area contributed by atoms with E-state index in [1.165, 1.54) is 4.90 Å². The number of likely N-dealkylation sites (N-methyl/N-ethyl adjacent to an activating group) is 1. The number of aryl methyl sites for hydroxylation is 1. The zero-order valence-corrected chi connectivity index (χ0v) is 13.2. The van der Waals surface area contributed by atoms with Gasteiger partial charge in [0.05, 0.1) is 13.4 Å². The Balaban J connectivity index is 1.79. The molecule has 7 nitrogen and oxygen atoms in total. The van der Waals surface area contributed by atoms with E-state index < -0.39 is 11.8 Å². The summed E-state index contributed by atoms with van der Waals surface area (Å²) in [6.07, 6.45) is 5.99. The Labute approximate surface area is 134 Å². The second kappa shape index (κ2) is 7.98. The van der Waals surface area contributed by atoms with Crippen molar-refractivity contribution >= 4 is 17.5 Å². The van der Waals surface area contributed by atoms with Crippen LogP contribution in [0.25, 0.3) is 0 Å². The summed E-state index contributed by atoms with van der Waals surface area (Å²) in [6, 6.07) is 6.93. The second-order valence-corrected chi connectivity index (χ2v) is 4.97. The summed E-state index contributed by atoms with van der Waals surface area (Å²) >= 11 is 0. The van der Waals surface area contributed by atoms with Gasteiger partial charge in [0.1, 0.15) is 5.75 Å². The van der Waals surface area contributed by atoms with Crippen LogP contribution in [0.5, 0.6) is 5.75 Å². The van der Waals surface area contributed by atoms with Crippen LogP contribution in [0, 0.1) is 0 Å². The van der Waals surface area contributed by atoms with Gasteiger partial charge in [-0.3, -0.25) is 9.59 Å². The number of benzene rings is 1. The van der Waals surface area contributed by atoms with Crippen LogP contribution in [-0.2, 0) is 16.1 Å². The van der Waals surface area contributed by atoms with Gasteiger partial charge in [-0.2, -0.15) is 0 Å². The van der Waals surface area contributed by atoms with Crippen molar-refractivity contribution < 1.29 is 14.3 Å². The molecule has 0 aliphatic rings. The Hall–Kier alpha value is -2.83. The maximum Gasteiger partial charge on any atom is 0.316 e. The van der Waals surface area contributed by atoms with Crippen molar-refractivity contribution in [2.24, 2.45) is 0 Å². The topological polar surface area (TPSA) is 76.5 Å². The van der Waals surface area contributed by atoms with E-state index in [0.717, 1.165) is 13.0 Å². The number of aromatic nitrogens is 2. The van der Waals surface area contributed by atoms with Crippen molar-refractivity contribution in [1.29, 1.82) is 0 Å². The fraction of sp³-hybridized carbons (Fsp3) is 0.312. The number of nitrogens with zero attached hydrogens (tertiary/aromatic N) is 3. The molecule has 0 atom stereocenters. The lowest BCUT2D eigenvalue weighted by Crippen LogP contribution is -2.41. The standard InChI is InChI=1S/C16H20N4O3/c1-19(13-4-6-14(23-2)7-5-13)16(22)15(21)18-8-3-10-20-11-9-17-12-20/h4-7,9,11-12H,3,8,10H2,1-2H3,(H,18,21). The Morgan fingerprint density at radius 2 is 2.04 bits per heavy atom. The van der Waals surface area contributed by atoms with Gasteiger partial charge in [-0.1, -0.05) is 0 Å². The highest BCUT2D eigenvalue weighted by atomic mass is 16.5. The van der Waals surface area contributed by atoms with Crippen LogP contribution in [0.1, 0.15) is 6.42 Å². The number of nitrogens with one attached hydrogen (secondary N) is 1. The molecule has 0 radical (unpaired) electrons. The van der Waals surface area contributed by atoms with Gasteiger partial charge < -0.3 is 19.5 Å². The largest absolute Gasteiger partial charge is 0.497 e. The zero-order valence-electron chi connectivity index (χ0n) is 13.2. The minimum atomic E-state index is -0.617. The van der Waals surface area contributed by atoms with Crippen molar-refractivity contribution in [3.05, 3.63) is 43.0 Å². The fourth-order valence-electron chi connectivity index (χ4n) is 2.03. The first kappa shape index (κ1) is 16.5. The maximum absolute atomic E-state index is 12.1. The van der Waals surface area contributed by atoms with Gasteiger partial charge in [0, 0.05) is 38.2 Å². The molecule has 2 amide bonds. The number of methoxy groups -OCH3 is 1. The first-order valence-electron chi connectivity index (χ1n) is 7.27. The third-order valence-corrected chi connectivity index (χ3v) is 3.40. The highest BCUT2D eigenvalue weighted by molar-refractivity contribution is 6.40. The Morgan fingerprint density at radius 1 is 1.30 bits per heavy atom. The molecule has 2 aromatic rings. The molecule has 1 heterocycles. The number of hydrogen-bond acceptors (Lipinski definition) is 4. The van der Waals surface area contributed by atoms with Gasteiger partial charge >= 0.3 is 11.8 Å². The Morgan fingerprint density at radius 3 is 2.65 bits per heavy atom. The van der Waals surface area contributed by atoms with E-state index in [9.17, 15) is 9.59 Å². The molecule has 1 aromatic carbocycles. The summed E-state index contributed by atoms with van der Waals surface area (Å²) in [4.78, 5) is 29.2. The Kier molecular flexibility index (Phi) is 5.74. The average Bonchev–Trinajstić information content (AvgIpc) is 3.10. The number of ether oxygens (including phenoxy) is 1. The number of amides is 2. The van der Waals surface area contributed by atoms with Crippen LogP contribution in [0.3, 0.4) is 0 Å². The lowest BCUT2D eigenvalue weighted by atomic mass is 10.2. The lowest BCUT2D eigenvalue weighted by Gasteiger charge is -2.17. The van der Waals surface area contributed by atoms with E-state index in [0.29, 0.717) is 18.0 Å². The van der Waals surface area contributed by atoms with E-state index >= 15 is 0 Å². The molecule has 23 heavy (non-hydrogen) atoms. The van der Waals surface area contributed by atoms with E-state index in [2.05, 4.69) is 10.3 Å². The van der Waals surface area contributed by atoms with Crippen LogP contribution in [-0.4, -0.2) is 42.1 Å². The highest BCUT2D eigenvalue weighted by Gasteiger charge is 2.19. The van der Waals surface area contributed by atoms with Crippen LogP contribution in [0.2, 0.25) is 0 Å². The third kappa shape index (κ3) is 4.57. The molecule has 0 spiro atoms. The minimum Gasteiger partial charge on any atom is -0.497 e. The summed E-state index contributed by atoms with van der Waals surface area (Å²) < 4.78 is 6.98. The normalized spacial score (nSPS) is 10.2. The minimum absolute atomic E-state index is 0.430. The average molecular weight is 316 g/mol. The van der Waals surface area contributed by atoms with Gasteiger partial charge in [0.15, 0.2) is 0 Å². The summed E-state index contributed by atoms with van der Waals surface area (Å²) in [5.74, 6) is -0.523. The molecular formula is C16H20N4O3. The predicted molar refractivity (Wildman–Crippen MR) is 86.3 cm³/mol. The molecule has 0 aliphatic carbocycles. The first-order valence-corrected chi connectivity index (χ1v) is 7.27. The lowest BCUT2D eigenvalue weighted by molar-refractivity contribution is -0.137. The van der Waals surface area contributed by atoms with E-state index in [4.69, 9.17) is 4.74 Å². The van der Waals surface area contributed by atoms with Crippen LogP contribution < -0.4 is 15.0 Å². The molecule has 0 saturated carbocycles. The number of hydrogen-bond donors (Lipinski definition) is 1. The molecule has 2 rings (SSSR count). The smallest absolute Gasteiger partial charge is 0.316 e. The molecule has 0 aliphatic heterocycles. The van der Waals surface area contributed by atoms with E-state index in [1.807, 2.05) is 10.8 Å². The number of anilines is 1. The Bertz CT molecular complexity index is 638. The van der Waals surface area contributed by atoms with Crippen LogP contribution in [0.4, 0.5) is 5.69 Å². The number of carbonyl (C=O) groups excluding carboxylic acids is 2. The van der Waals surface area contributed by atoms with Gasteiger partial charge in [-0.05, 0) is 30.7 Å². The van der Waals surface area contributed by atoms with Crippen LogP contribution >= 0.6 is 0 Å². The number of imidazole rings is 1.